The van der Waals surface area contributed by atoms with Gasteiger partial charge in [0, 0.05) is 6.04 Å². The lowest BCUT2D eigenvalue weighted by atomic mass is 9.92. The molecule has 2 N–H and O–H groups in total. The second kappa shape index (κ2) is 5.29. The molecule has 2 rings (SSSR count). The van der Waals surface area contributed by atoms with Crippen LogP contribution in [0.25, 0.3) is 0 Å². The van der Waals surface area contributed by atoms with E-state index in [-0.39, 0.29) is 11.6 Å². The predicted molar refractivity (Wildman–Crippen MR) is 72.9 cm³/mol. The first-order valence-corrected chi connectivity index (χ1v) is 7.29. The molecule has 1 unspecified atom stereocenters. The van der Waals surface area contributed by atoms with Crippen molar-refractivity contribution in [2.45, 2.75) is 76.8 Å². The first-order chi connectivity index (χ1) is 8.59. The standard InChI is InChI=1S/C14H25N3O/c1-3-4-5-6-7-10-14(2)12(15)16-13(18)17(14)11-8-9-11/h11H,3-10H2,1-2H3,(H2,15,16,18). The third-order valence-corrected chi connectivity index (χ3v) is 4.20. The van der Waals surface area contributed by atoms with E-state index in [0.29, 0.717) is 11.9 Å². The van der Waals surface area contributed by atoms with Crippen LogP contribution < -0.4 is 5.32 Å². The Kier molecular flexibility index (Phi) is 3.93. The molecule has 2 aliphatic rings. The van der Waals surface area contributed by atoms with Crippen LogP contribution in [0.1, 0.15) is 65.2 Å². The Morgan fingerprint density at radius 3 is 2.61 bits per heavy atom. The number of amides is 2. The molecule has 0 spiro atoms. The molecule has 1 aliphatic heterocycles. The van der Waals surface area contributed by atoms with E-state index in [0.717, 1.165) is 25.7 Å². The average Bonchev–Trinajstić information content (AvgIpc) is 3.09. The highest BCUT2D eigenvalue weighted by Crippen LogP contribution is 2.38. The number of rotatable bonds is 7. The van der Waals surface area contributed by atoms with Crippen LogP contribution in [0.2, 0.25) is 0 Å². The molecule has 1 aliphatic carbocycles. The summed E-state index contributed by atoms with van der Waals surface area (Å²) in [6, 6.07) is 0.326. The summed E-state index contributed by atoms with van der Waals surface area (Å²) in [6.07, 6.45) is 9.26. The van der Waals surface area contributed by atoms with Crippen molar-refractivity contribution in [2.24, 2.45) is 0 Å². The highest BCUT2D eigenvalue weighted by Gasteiger charge is 2.51. The van der Waals surface area contributed by atoms with Gasteiger partial charge in [0.2, 0.25) is 0 Å². The molecule has 4 nitrogen and oxygen atoms in total. The number of carbonyl (C=O) groups excluding carboxylic acids is 1. The topological polar surface area (TPSA) is 56.2 Å². The number of nitrogens with one attached hydrogen (secondary N) is 2. The highest BCUT2D eigenvalue weighted by atomic mass is 16.2. The van der Waals surface area contributed by atoms with Crippen LogP contribution in [-0.2, 0) is 0 Å². The van der Waals surface area contributed by atoms with Crippen molar-refractivity contribution in [1.82, 2.24) is 10.2 Å². The lowest BCUT2D eigenvalue weighted by Gasteiger charge is -2.33. The minimum absolute atomic E-state index is 0.0569. The van der Waals surface area contributed by atoms with Crippen LogP contribution in [0.15, 0.2) is 0 Å². The quantitative estimate of drug-likeness (QED) is 0.670. The summed E-state index contributed by atoms with van der Waals surface area (Å²) in [5, 5.41) is 10.7. The lowest BCUT2D eigenvalue weighted by Crippen LogP contribution is -2.48. The van der Waals surface area contributed by atoms with Crippen molar-refractivity contribution in [3.63, 3.8) is 0 Å². The normalized spacial score (nSPS) is 27.8. The Balaban J connectivity index is 1.90. The van der Waals surface area contributed by atoms with E-state index in [1.807, 2.05) is 11.8 Å². The zero-order valence-corrected chi connectivity index (χ0v) is 11.6. The van der Waals surface area contributed by atoms with Gasteiger partial charge >= 0.3 is 6.03 Å². The van der Waals surface area contributed by atoms with Crippen molar-refractivity contribution >= 4 is 11.9 Å². The number of nitrogens with zero attached hydrogens (tertiary/aromatic N) is 1. The molecule has 4 heteroatoms. The minimum Gasteiger partial charge on any atom is -0.309 e. The van der Waals surface area contributed by atoms with E-state index in [4.69, 9.17) is 5.41 Å². The van der Waals surface area contributed by atoms with Crippen molar-refractivity contribution in [3.05, 3.63) is 0 Å². The summed E-state index contributed by atoms with van der Waals surface area (Å²) in [7, 11) is 0. The van der Waals surface area contributed by atoms with Crippen LogP contribution in [0, 0.1) is 5.41 Å². The molecular weight excluding hydrogens is 226 g/mol. The summed E-state index contributed by atoms with van der Waals surface area (Å²) < 4.78 is 0. The smallest absolute Gasteiger partial charge is 0.309 e. The zero-order chi connectivity index (χ0) is 13.2. The predicted octanol–water partition coefficient (Wildman–Crippen LogP) is 3.27. The molecular formula is C14H25N3O. The number of unbranched alkanes of at least 4 members (excludes halogenated alkanes) is 4. The van der Waals surface area contributed by atoms with Gasteiger partial charge in [-0.05, 0) is 26.2 Å². The first-order valence-electron chi connectivity index (χ1n) is 7.29. The molecule has 0 aromatic rings. The van der Waals surface area contributed by atoms with Crippen LogP contribution in [0.4, 0.5) is 4.79 Å². The van der Waals surface area contributed by atoms with E-state index >= 15 is 0 Å². The number of amidine groups is 1. The average molecular weight is 251 g/mol. The number of hydrogen-bond donors (Lipinski definition) is 2. The molecule has 1 saturated carbocycles. The Hall–Kier alpha value is -1.06. The van der Waals surface area contributed by atoms with Gasteiger partial charge in [0.15, 0.2) is 0 Å². The monoisotopic (exact) mass is 251 g/mol. The molecule has 0 aromatic heterocycles. The summed E-state index contributed by atoms with van der Waals surface area (Å²) in [5.41, 5.74) is -0.371. The Labute approximate surface area is 110 Å². The van der Waals surface area contributed by atoms with Gasteiger partial charge in [-0.25, -0.2) is 4.79 Å². The number of carbonyl (C=O) groups is 1. The van der Waals surface area contributed by atoms with Crippen LogP contribution >= 0.6 is 0 Å². The van der Waals surface area contributed by atoms with E-state index < -0.39 is 0 Å². The second-order valence-corrected chi connectivity index (χ2v) is 5.84. The Morgan fingerprint density at radius 2 is 2.00 bits per heavy atom. The summed E-state index contributed by atoms with van der Waals surface area (Å²) in [6.45, 7) is 4.26. The van der Waals surface area contributed by atoms with Gasteiger partial charge < -0.3 is 4.90 Å². The molecule has 0 aromatic carbocycles. The highest BCUT2D eigenvalue weighted by molar-refractivity contribution is 6.08. The van der Waals surface area contributed by atoms with Crippen molar-refractivity contribution < 1.29 is 4.79 Å². The third-order valence-electron chi connectivity index (χ3n) is 4.20. The van der Waals surface area contributed by atoms with Gasteiger partial charge in [0.1, 0.15) is 5.84 Å². The molecule has 2 fully saturated rings. The first kappa shape index (κ1) is 13.4. The van der Waals surface area contributed by atoms with Gasteiger partial charge in [0.25, 0.3) is 0 Å². The van der Waals surface area contributed by atoms with E-state index in [9.17, 15) is 4.79 Å². The number of hydrogen-bond acceptors (Lipinski definition) is 2. The van der Waals surface area contributed by atoms with E-state index in [1.54, 1.807) is 0 Å². The summed E-state index contributed by atoms with van der Waals surface area (Å²) in [5.74, 6) is 0.398. The number of urea groups is 1. The van der Waals surface area contributed by atoms with E-state index in [2.05, 4.69) is 12.2 Å². The summed E-state index contributed by atoms with van der Waals surface area (Å²) in [4.78, 5) is 13.8. The van der Waals surface area contributed by atoms with Crippen molar-refractivity contribution in [1.29, 1.82) is 5.41 Å². The van der Waals surface area contributed by atoms with Gasteiger partial charge in [-0.2, -0.15) is 0 Å². The zero-order valence-electron chi connectivity index (χ0n) is 11.6. The van der Waals surface area contributed by atoms with E-state index in [1.165, 1.54) is 25.7 Å². The van der Waals surface area contributed by atoms with Gasteiger partial charge in [-0.3, -0.25) is 10.7 Å². The van der Waals surface area contributed by atoms with Crippen molar-refractivity contribution in [2.75, 3.05) is 0 Å². The minimum atomic E-state index is -0.371. The SMILES string of the molecule is CCCCCCCC1(C)C(=N)NC(=O)N1C1CC1. The Bertz CT molecular complexity index is 338. The lowest BCUT2D eigenvalue weighted by molar-refractivity contribution is 0.168. The largest absolute Gasteiger partial charge is 0.323 e. The fraction of sp³-hybridized carbons (Fsp3) is 0.857. The van der Waals surface area contributed by atoms with Gasteiger partial charge in [0.05, 0.1) is 5.54 Å². The molecule has 1 atom stereocenters. The Morgan fingerprint density at radius 1 is 1.33 bits per heavy atom. The van der Waals surface area contributed by atoms with Gasteiger partial charge in [-0.15, -0.1) is 0 Å². The molecule has 18 heavy (non-hydrogen) atoms. The summed E-state index contributed by atoms with van der Waals surface area (Å²) >= 11 is 0. The maximum Gasteiger partial charge on any atom is 0.323 e. The van der Waals surface area contributed by atoms with Crippen LogP contribution in [0.5, 0.6) is 0 Å². The molecule has 2 amide bonds. The van der Waals surface area contributed by atoms with Crippen LogP contribution in [0.3, 0.4) is 0 Å². The maximum absolute atomic E-state index is 11.9. The third kappa shape index (κ3) is 2.52. The van der Waals surface area contributed by atoms with Gasteiger partial charge in [-0.1, -0.05) is 39.0 Å². The van der Waals surface area contributed by atoms with Crippen LogP contribution in [-0.4, -0.2) is 28.3 Å². The maximum atomic E-state index is 11.9. The molecule has 1 saturated heterocycles. The molecule has 1 heterocycles. The second-order valence-electron chi connectivity index (χ2n) is 5.84. The molecule has 0 radical (unpaired) electrons. The fourth-order valence-corrected chi connectivity index (χ4v) is 2.87. The molecule has 0 bridgehead atoms. The molecule has 102 valence electrons. The fourth-order valence-electron chi connectivity index (χ4n) is 2.87. The van der Waals surface area contributed by atoms with Crippen molar-refractivity contribution in [3.8, 4) is 0 Å².